The highest BCUT2D eigenvalue weighted by molar-refractivity contribution is 5.78. The molecule has 3 aromatic rings. The van der Waals surface area contributed by atoms with Crippen LogP contribution in [0, 0.1) is 0 Å². The average molecular weight is 328 g/mol. The summed E-state index contributed by atoms with van der Waals surface area (Å²) in [6.07, 6.45) is 4.96. The van der Waals surface area contributed by atoms with Gasteiger partial charge in [-0.2, -0.15) is 8.78 Å². The molecule has 2 aromatic heterocycles. The SMILES string of the molecule is FC(F)n1ccnc1CN(Cc1ccc2ccccc2n1)C1CC1. The molecule has 0 atom stereocenters. The largest absolute Gasteiger partial charge is 0.319 e. The number of imidazole rings is 1. The predicted octanol–water partition coefficient (Wildman–Crippen LogP) is 3.99. The molecule has 0 spiro atoms. The van der Waals surface area contributed by atoms with Crippen LogP contribution in [0.5, 0.6) is 0 Å². The molecule has 4 nitrogen and oxygen atoms in total. The van der Waals surface area contributed by atoms with Crippen molar-refractivity contribution in [2.75, 3.05) is 0 Å². The number of para-hydroxylation sites is 1. The van der Waals surface area contributed by atoms with E-state index in [0.29, 0.717) is 25.0 Å². The van der Waals surface area contributed by atoms with Gasteiger partial charge in [0.05, 0.1) is 17.8 Å². The molecule has 4 rings (SSSR count). The van der Waals surface area contributed by atoms with Crippen molar-refractivity contribution in [2.24, 2.45) is 0 Å². The number of benzene rings is 1. The van der Waals surface area contributed by atoms with Crippen molar-refractivity contribution in [2.45, 2.75) is 38.5 Å². The summed E-state index contributed by atoms with van der Waals surface area (Å²) in [7, 11) is 0. The summed E-state index contributed by atoms with van der Waals surface area (Å²) in [5, 5.41) is 1.10. The molecule has 6 heteroatoms. The fraction of sp³-hybridized carbons (Fsp3) is 0.333. The van der Waals surface area contributed by atoms with Crippen molar-refractivity contribution in [3.8, 4) is 0 Å². The van der Waals surface area contributed by atoms with E-state index in [2.05, 4.69) is 16.0 Å². The van der Waals surface area contributed by atoms with Crippen LogP contribution in [-0.2, 0) is 13.1 Å². The van der Waals surface area contributed by atoms with Gasteiger partial charge in [0.15, 0.2) is 0 Å². The molecule has 0 unspecified atom stereocenters. The second-order valence-electron chi connectivity index (χ2n) is 6.16. The Morgan fingerprint density at radius 1 is 1.12 bits per heavy atom. The van der Waals surface area contributed by atoms with E-state index >= 15 is 0 Å². The number of nitrogens with zero attached hydrogens (tertiary/aromatic N) is 4. The Morgan fingerprint density at radius 2 is 1.96 bits per heavy atom. The van der Waals surface area contributed by atoms with Gasteiger partial charge in [0, 0.05) is 30.4 Å². The first kappa shape index (κ1) is 15.2. The lowest BCUT2D eigenvalue weighted by Gasteiger charge is -2.21. The fourth-order valence-electron chi connectivity index (χ4n) is 2.98. The lowest BCUT2D eigenvalue weighted by atomic mass is 10.2. The lowest BCUT2D eigenvalue weighted by Crippen LogP contribution is -2.27. The van der Waals surface area contributed by atoms with E-state index in [0.717, 1.165) is 34.0 Å². The molecule has 0 bridgehead atoms. The van der Waals surface area contributed by atoms with Gasteiger partial charge in [-0.25, -0.2) is 4.98 Å². The average Bonchev–Trinajstić information content (AvgIpc) is 3.33. The molecule has 0 N–H and O–H groups in total. The van der Waals surface area contributed by atoms with Gasteiger partial charge >= 0.3 is 6.55 Å². The molecule has 1 saturated carbocycles. The zero-order valence-corrected chi connectivity index (χ0v) is 13.1. The summed E-state index contributed by atoms with van der Waals surface area (Å²) in [6, 6.07) is 12.5. The quantitative estimate of drug-likeness (QED) is 0.686. The van der Waals surface area contributed by atoms with Gasteiger partial charge in [-0.1, -0.05) is 24.3 Å². The summed E-state index contributed by atoms with van der Waals surface area (Å²) in [5.41, 5.74) is 1.91. The van der Waals surface area contributed by atoms with E-state index in [1.54, 1.807) is 0 Å². The third-order valence-corrected chi connectivity index (χ3v) is 4.39. The Labute approximate surface area is 138 Å². The maximum absolute atomic E-state index is 13.0. The van der Waals surface area contributed by atoms with E-state index < -0.39 is 6.55 Å². The van der Waals surface area contributed by atoms with Gasteiger partial charge in [-0.15, -0.1) is 0 Å². The number of alkyl halides is 2. The van der Waals surface area contributed by atoms with Crippen molar-refractivity contribution >= 4 is 10.9 Å². The molecule has 1 aromatic carbocycles. The standard InChI is InChI=1S/C18H18F2N4/c19-18(20)24-10-9-21-17(24)12-23(15-7-8-15)11-14-6-5-13-3-1-2-4-16(13)22-14/h1-6,9-10,15,18H,7-8,11-12H2. The molecular formula is C18H18F2N4. The van der Waals surface area contributed by atoms with E-state index in [1.165, 1.54) is 12.4 Å². The molecule has 124 valence electrons. The molecule has 0 aliphatic heterocycles. The highest BCUT2D eigenvalue weighted by Gasteiger charge is 2.30. The van der Waals surface area contributed by atoms with Crippen molar-refractivity contribution in [1.29, 1.82) is 0 Å². The van der Waals surface area contributed by atoms with Crippen LogP contribution in [0.1, 0.15) is 30.9 Å². The lowest BCUT2D eigenvalue weighted by molar-refractivity contribution is 0.0632. The van der Waals surface area contributed by atoms with Gasteiger partial charge in [-0.05, 0) is 25.0 Å². The van der Waals surface area contributed by atoms with E-state index in [-0.39, 0.29) is 0 Å². The minimum Gasteiger partial charge on any atom is -0.287 e. The molecule has 2 heterocycles. The van der Waals surface area contributed by atoms with Gasteiger partial charge in [-0.3, -0.25) is 14.5 Å². The Morgan fingerprint density at radius 3 is 2.75 bits per heavy atom. The molecule has 1 aliphatic rings. The van der Waals surface area contributed by atoms with Crippen LogP contribution in [0.3, 0.4) is 0 Å². The second kappa shape index (κ2) is 6.28. The highest BCUT2D eigenvalue weighted by Crippen LogP contribution is 2.30. The zero-order valence-electron chi connectivity index (χ0n) is 13.1. The van der Waals surface area contributed by atoms with E-state index in [1.807, 2.05) is 30.3 Å². The number of rotatable bonds is 6. The number of halogens is 2. The molecule has 1 aliphatic carbocycles. The van der Waals surface area contributed by atoms with Crippen molar-refractivity contribution in [3.63, 3.8) is 0 Å². The van der Waals surface area contributed by atoms with E-state index in [4.69, 9.17) is 4.98 Å². The fourth-order valence-corrected chi connectivity index (χ4v) is 2.98. The van der Waals surface area contributed by atoms with Crippen molar-refractivity contribution in [3.05, 3.63) is 60.3 Å². The maximum Gasteiger partial charge on any atom is 0.319 e. The summed E-state index contributed by atoms with van der Waals surface area (Å²) >= 11 is 0. The maximum atomic E-state index is 13.0. The minimum atomic E-state index is -2.55. The Kier molecular flexibility index (Phi) is 3.98. The third-order valence-electron chi connectivity index (χ3n) is 4.39. The zero-order chi connectivity index (χ0) is 16.5. The Hall–Kier alpha value is -2.34. The summed E-state index contributed by atoms with van der Waals surface area (Å²) < 4.78 is 27.0. The predicted molar refractivity (Wildman–Crippen MR) is 87.5 cm³/mol. The number of hydrogen-bond acceptors (Lipinski definition) is 3. The number of fused-ring (bicyclic) bond motifs is 1. The summed E-state index contributed by atoms with van der Waals surface area (Å²) in [6.45, 7) is -1.50. The molecule has 1 fully saturated rings. The first-order valence-electron chi connectivity index (χ1n) is 8.09. The van der Waals surface area contributed by atoms with Gasteiger partial charge in [0.2, 0.25) is 0 Å². The van der Waals surface area contributed by atoms with Crippen molar-refractivity contribution < 1.29 is 8.78 Å². The molecule has 0 amide bonds. The van der Waals surface area contributed by atoms with Crippen LogP contribution in [0.25, 0.3) is 10.9 Å². The first-order chi connectivity index (χ1) is 11.7. The Balaban J connectivity index is 1.55. The van der Waals surface area contributed by atoms with Crippen LogP contribution in [0.4, 0.5) is 8.78 Å². The van der Waals surface area contributed by atoms with Gasteiger partial charge in [0.25, 0.3) is 0 Å². The van der Waals surface area contributed by atoms with Crippen LogP contribution < -0.4 is 0 Å². The number of hydrogen-bond donors (Lipinski definition) is 0. The molecular weight excluding hydrogens is 310 g/mol. The third kappa shape index (κ3) is 3.14. The van der Waals surface area contributed by atoms with Crippen molar-refractivity contribution in [1.82, 2.24) is 19.4 Å². The Bertz CT molecular complexity index is 842. The van der Waals surface area contributed by atoms with Crippen LogP contribution >= 0.6 is 0 Å². The van der Waals surface area contributed by atoms with Crippen LogP contribution in [0.2, 0.25) is 0 Å². The molecule has 24 heavy (non-hydrogen) atoms. The summed E-state index contributed by atoms with van der Waals surface area (Å²) in [4.78, 5) is 11.0. The normalized spacial score (nSPS) is 14.8. The smallest absolute Gasteiger partial charge is 0.287 e. The number of aromatic nitrogens is 3. The molecule has 0 saturated heterocycles. The highest BCUT2D eigenvalue weighted by atomic mass is 19.3. The van der Waals surface area contributed by atoms with Crippen LogP contribution in [0.15, 0.2) is 48.8 Å². The first-order valence-corrected chi connectivity index (χ1v) is 8.09. The van der Waals surface area contributed by atoms with E-state index in [9.17, 15) is 8.78 Å². The number of pyridine rings is 1. The van der Waals surface area contributed by atoms with Gasteiger partial charge < -0.3 is 0 Å². The minimum absolute atomic E-state index is 0.401. The van der Waals surface area contributed by atoms with Gasteiger partial charge in [0.1, 0.15) is 5.82 Å². The molecule has 0 radical (unpaired) electrons. The van der Waals surface area contributed by atoms with Crippen LogP contribution in [-0.4, -0.2) is 25.5 Å². The topological polar surface area (TPSA) is 34.0 Å². The monoisotopic (exact) mass is 328 g/mol. The second-order valence-corrected chi connectivity index (χ2v) is 6.16. The summed E-state index contributed by atoms with van der Waals surface area (Å²) in [5.74, 6) is 0.401.